The normalized spacial score (nSPS) is 9.60. The van der Waals surface area contributed by atoms with E-state index in [2.05, 4.69) is 13.2 Å². The lowest BCUT2D eigenvalue weighted by molar-refractivity contribution is -0.133. The molecule has 0 saturated carbocycles. The minimum absolute atomic E-state index is 0.176. The van der Waals surface area contributed by atoms with Gasteiger partial charge in [0, 0.05) is 11.1 Å². The van der Waals surface area contributed by atoms with Gasteiger partial charge in [-0.3, -0.25) is 0 Å². The zero-order valence-electron chi connectivity index (χ0n) is 8.99. The van der Waals surface area contributed by atoms with Gasteiger partial charge in [0.25, 0.3) is 0 Å². The second kappa shape index (κ2) is 8.74. The van der Waals surface area contributed by atoms with E-state index in [4.69, 9.17) is 10.2 Å². The van der Waals surface area contributed by atoms with Gasteiger partial charge in [-0.25, -0.2) is 9.59 Å². The average molecular weight is 212 g/mol. The molecule has 0 rings (SSSR count). The molecule has 0 bridgehead atoms. The Kier molecular flexibility index (Phi) is 9.11. The van der Waals surface area contributed by atoms with E-state index in [1.165, 1.54) is 6.92 Å². The molecule has 0 saturated heterocycles. The molecule has 2 N–H and O–H groups in total. The summed E-state index contributed by atoms with van der Waals surface area (Å²) in [5.74, 6) is -1.80. The summed E-state index contributed by atoms with van der Waals surface area (Å²) in [7, 11) is 0. The first-order valence-electron chi connectivity index (χ1n) is 4.22. The molecule has 0 heterocycles. The van der Waals surface area contributed by atoms with Gasteiger partial charge in [-0.2, -0.15) is 0 Å². The number of rotatable bonds is 4. The van der Waals surface area contributed by atoms with Crippen LogP contribution in [-0.4, -0.2) is 22.2 Å². The third-order valence-corrected chi connectivity index (χ3v) is 1.29. The molecule has 4 heteroatoms. The van der Waals surface area contributed by atoms with Crippen molar-refractivity contribution in [1.29, 1.82) is 0 Å². The fraction of sp³-hybridized carbons (Fsp3) is 0.273. The third kappa shape index (κ3) is 12.2. The zero-order chi connectivity index (χ0) is 12.4. The molecule has 0 spiro atoms. The standard InChI is InChI=1S/C7H10O2.C4H6O2/c1-3-4-5-6(2)7(8)9;1-3(2)4(5)6/h3,5H,1,4H2,2H3,(H,8,9);1H2,2H3,(H,5,6)/b6-5+;. The van der Waals surface area contributed by atoms with E-state index in [0.717, 1.165) is 0 Å². The summed E-state index contributed by atoms with van der Waals surface area (Å²) >= 11 is 0. The predicted octanol–water partition coefficient (Wildman–Crippen LogP) is 2.24. The number of aliphatic carboxylic acids is 2. The number of carboxylic acids is 2. The van der Waals surface area contributed by atoms with E-state index in [1.807, 2.05) is 0 Å². The highest BCUT2D eigenvalue weighted by atomic mass is 16.4. The molecule has 0 aliphatic rings. The maximum atomic E-state index is 10.1. The van der Waals surface area contributed by atoms with Crippen molar-refractivity contribution in [2.24, 2.45) is 0 Å². The van der Waals surface area contributed by atoms with E-state index < -0.39 is 11.9 Å². The van der Waals surface area contributed by atoms with Crippen LogP contribution in [0, 0.1) is 0 Å². The Morgan fingerprint density at radius 1 is 1.20 bits per heavy atom. The van der Waals surface area contributed by atoms with Gasteiger partial charge in [0.1, 0.15) is 0 Å². The smallest absolute Gasteiger partial charge is 0.330 e. The number of allylic oxidation sites excluding steroid dienone is 2. The van der Waals surface area contributed by atoms with Crippen LogP contribution >= 0.6 is 0 Å². The largest absolute Gasteiger partial charge is 0.478 e. The van der Waals surface area contributed by atoms with Crippen LogP contribution < -0.4 is 0 Å². The van der Waals surface area contributed by atoms with Crippen LogP contribution in [0.2, 0.25) is 0 Å². The Labute approximate surface area is 89.2 Å². The van der Waals surface area contributed by atoms with Crippen LogP contribution in [0.3, 0.4) is 0 Å². The van der Waals surface area contributed by atoms with E-state index >= 15 is 0 Å². The SMILES string of the molecule is C=C(C)C(=O)O.C=CC/C=C(\C)C(=O)O. The third-order valence-electron chi connectivity index (χ3n) is 1.29. The highest BCUT2D eigenvalue weighted by Crippen LogP contribution is 1.94. The second-order valence-corrected chi connectivity index (χ2v) is 2.80. The van der Waals surface area contributed by atoms with E-state index in [-0.39, 0.29) is 5.57 Å². The van der Waals surface area contributed by atoms with Crippen molar-refractivity contribution in [3.05, 3.63) is 36.5 Å². The lowest BCUT2D eigenvalue weighted by Crippen LogP contribution is -1.94. The van der Waals surface area contributed by atoms with Crippen LogP contribution in [-0.2, 0) is 9.59 Å². The molecular weight excluding hydrogens is 196 g/mol. The lowest BCUT2D eigenvalue weighted by atomic mass is 10.2. The van der Waals surface area contributed by atoms with Crippen molar-refractivity contribution < 1.29 is 19.8 Å². The molecule has 0 aromatic carbocycles. The monoisotopic (exact) mass is 212 g/mol. The van der Waals surface area contributed by atoms with Crippen molar-refractivity contribution in [3.8, 4) is 0 Å². The highest BCUT2D eigenvalue weighted by Gasteiger charge is 1.95. The highest BCUT2D eigenvalue weighted by molar-refractivity contribution is 5.85. The van der Waals surface area contributed by atoms with Crippen molar-refractivity contribution in [1.82, 2.24) is 0 Å². The van der Waals surface area contributed by atoms with Crippen molar-refractivity contribution in [2.75, 3.05) is 0 Å². The number of hydrogen-bond donors (Lipinski definition) is 2. The molecule has 0 aliphatic heterocycles. The summed E-state index contributed by atoms with van der Waals surface area (Å²) < 4.78 is 0. The molecule has 0 aliphatic carbocycles. The molecule has 0 aromatic rings. The number of hydrogen-bond acceptors (Lipinski definition) is 2. The minimum Gasteiger partial charge on any atom is -0.478 e. The fourth-order valence-corrected chi connectivity index (χ4v) is 0.347. The molecule has 15 heavy (non-hydrogen) atoms. The van der Waals surface area contributed by atoms with Crippen molar-refractivity contribution in [3.63, 3.8) is 0 Å². The molecule has 0 unspecified atom stereocenters. The Morgan fingerprint density at radius 2 is 1.60 bits per heavy atom. The minimum atomic E-state index is -0.935. The first kappa shape index (κ1) is 15.6. The van der Waals surface area contributed by atoms with Gasteiger partial charge in [0.15, 0.2) is 0 Å². The van der Waals surface area contributed by atoms with Gasteiger partial charge in [-0.05, 0) is 20.3 Å². The van der Waals surface area contributed by atoms with Gasteiger partial charge >= 0.3 is 11.9 Å². The zero-order valence-corrected chi connectivity index (χ0v) is 8.99. The predicted molar refractivity (Wildman–Crippen MR) is 58.7 cm³/mol. The van der Waals surface area contributed by atoms with Gasteiger partial charge < -0.3 is 10.2 Å². The number of carbonyl (C=O) groups is 2. The Bertz CT molecular complexity index is 275. The van der Waals surface area contributed by atoms with E-state index in [9.17, 15) is 9.59 Å². The first-order valence-corrected chi connectivity index (χ1v) is 4.22. The van der Waals surface area contributed by atoms with Gasteiger partial charge in [-0.15, -0.1) is 6.58 Å². The molecule has 4 nitrogen and oxygen atoms in total. The summed E-state index contributed by atoms with van der Waals surface area (Å²) in [5, 5.41) is 16.2. The number of carboxylic acid groups (broad SMARTS) is 2. The maximum absolute atomic E-state index is 10.1. The van der Waals surface area contributed by atoms with Crippen molar-refractivity contribution in [2.45, 2.75) is 20.3 Å². The lowest BCUT2D eigenvalue weighted by Gasteiger charge is -1.87. The fourth-order valence-electron chi connectivity index (χ4n) is 0.347. The molecule has 0 amide bonds. The maximum Gasteiger partial charge on any atom is 0.330 e. The summed E-state index contributed by atoms with van der Waals surface area (Å²) in [4.78, 5) is 19.7. The molecular formula is C11H16O4. The van der Waals surface area contributed by atoms with Crippen LogP contribution in [0.5, 0.6) is 0 Å². The van der Waals surface area contributed by atoms with Crippen LogP contribution in [0.4, 0.5) is 0 Å². The summed E-state index contributed by atoms with van der Waals surface area (Å²) in [6.07, 6.45) is 3.90. The Morgan fingerprint density at radius 3 is 1.80 bits per heavy atom. The first-order chi connectivity index (χ1) is 6.82. The molecule has 0 atom stereocenters. The van der Waals surface area contributed by atoms with Crippen LogP contribution in [0.25, 0.3) is 0 Å². The van der Waals surface area contributed by atoms with Crippen LogP contribution in [0.15, 0.2) is 36.5 Å². The molecule has 0 aromatic heterocycles. The van der Waals surface area contributed by atoms with E-state index in [1.54, 1.807) is 19.1 Å². The van der Waals surface area contributed by atoms with Gasteiger partial charge in [0.05, 0.1) is 0 Å². The van der Waals surface area contributed by atoms with Gasteiger partial charge in [-0.1, -0.05) is 18.7 Å². The molecule has 0 radical (unpaired) electrons. The average Bonchev–Trinajstić information content (AvgIpc) is 2.14. The van der Waals surface area contributed by atoms with Crippen molar-refractivity contribution >= 4 is 11.9 Å². The quantitative estimate of drug-likeness (QED) is 0.553. The topological polar surface area (TPSA) is 74.6 Å². The molecule has 84 valence electrons. The summed E-state index contributed by atoms with van der Waals surface area (Å²) in [6, 6.07) is 0. The Balaban J connectivity index is 0. The summed E-state index contributed by atoms with van der Waals surface area (Å²) in [6.45, 7) is 9.62. The van der Waals surface area contributed by atoms with E-state index in [0.29, 0.717) is 12.0 Å². The van der Waals surface area contributed by atoms with Crippen LogP contribution in [0.1, 0.15) is 20.3 Å². The molecule has 0 fully saturated rings. The summed E-state index contributed by atoms with van der Waals surface area (Å²) in [5.41, 5.74) is 0.546. The van der Waals surface area contributed by atoms with Gasteiger partial charge in [0.2, 0.25) is 0 Å². The Hall–Kier alpha value is -1.84. The second-order valence-electron chi connectivity index (χ2n) is 2.80.